The number of hydrogen-bond donors (Lipinski definition) is 0. The monoisotopic (exact) mass is 1190 g/mol. The van der Waals surface area contributed by atoms with Crippen molar-refractivity contribution < 1.29 is 0 Å². The highest BCUT2D eigenvalue weighted by Gasteiger charge is 2.11. The summed E-state index contributed by atoms with van der Waals surface area (Å²) in [5.74, 6) is 0. The zero-order valence-electron chi connectivity index (χ0n) is 58.7. The van der Waals surface area contributed by atoms with Gasteiger partial charge in [-0.15, -0.1) is 0 Å². The lowest BCUT2D eigenvalue weighted by Crippen LogP contribution is -2.14. The smallest absolute Gasteiger partial charge is 0.0634 e. The molecule has 0 aliphatic carbocycles. The minimum absolute atomic E-state index is 0.979. The number of rotatable bonds is 67. The van der Waals surface area contributed by atoms with E-state index in [-0.39, 0.29) is 0 Å². The first kappa shape index (κ1) is 79.4. The Morgan fingerprint density at radius 2 is 0.407 bits per heavy atom. The Morgan fingerprint density at radius 3 is 0.628 bits per heavy atom. The molecule has 0 fully saturated rings. The fourth-order valence-electron chi connectivity index (χ4n) is 12.8. The van der Waals surface area contributed by atoms with Crippen LogP contribution in [0.1, 0.15) is 437 Å². The summed E-state index contributed by atoms with van der Waals surface area (Å²) in [7, 11) is 0. The summed E-state index contributed by atoms with van der Waals surface area (Å²) in [6, 6.07) is 17.9. The molecular formula is C84H148N2. The minimum Gasteiger partial charge on any atom is -0.252 e. The third-order valence-electron chi connectivity index (χ3n) is 18.8. The van der Waals surface area contributed by atoms with E-state index in [0.717, 1.165) is 37.1 Å². The summed E-state index contributed by atoms with van der Waals surface area (Å²) in [6.45, 7) is 9.23. The third-order valence-corrected chi connectivity index (χ3v) is 18.8. The van der Waals surface area contributed by atoms with Crippen LogP contribution < -0.4 is 0 Å². The number of allylic oxidation sites excluding steroid dienone is 2. The van der Waals surface area contributed by atoms with Crippen molar-refractivity contribution in [1.29, 1.82) is 0 Å². The summed E-state index contributed by atoms with van der Waals surface area (Å²) in [5, 5.41) is 0. The molecule has 0 aliphatic heterocycles. The quantitative estimate of drug-likeness (QED) is 0.0466. The maximum absolute atomic E-state index is 5.38. The predicted octanol–water partition coefficient (Wildman–Crippen LogP) is 30.8. The molecule has 2 nitrogen and oxygen atoms in total. The maximum atomic E-state index is 5.38. The summed E-state index contributed by atoms with van der Waals surface area (Å²) in [4.78, 5) is 10.7. The average molecular weight is 1190 g/mol. The molecule has 0 spiro atoms. The van der Waals surface area contributed by atoms with Crippen LogP contribution in [0.3, 0.4) is 0 Å². The molecule has 0 aliphatic rings. The molecule has 2 rings (SSSR count). The highest BCUT2D eigenvalue weighted by Crippen LogP contribution is 2.24. The van der Waals surface area contributed by atoms with E-state index >= 15 is 0 Å². The number of unbranched alkanes of at least 4 members (excludes halogenated alkanes) is 56. The van der Waals surface area contributed by atoms with E-state index in [9.17, 15) is 0 Å². The topological polar surface area (TPSA) is 24.7 Å². The lowest BCUT2D eigenvalue weighted by atomic mass is 10.0. The molecule has 0 N–H and O–H groups in total. The summed E-state index contributed by atoms with van der Waals surface area (Å²) < 4.78 is 0. The van der Waals surface area contributed by atoms with Crippen LogP contribution in [0.15, 0.2) is 70.7 Å². The normalized spacial score (nSPS) is 12.3. The lowest BCUT2D eigenvalue weighted by molar-refractivity contribution is 0.516. The summed E-state index contributed by atoms with van der Waals surface area (Å²) in [6.07, 6.45) is 96.1. The molecule has 0 atom stereocenters. The van der Waals surface area contributed by atoms with E-state index in [1.54, 1.807) is 0 Å². The van der Waals surface area contributed by atoms with Crippen molar-refractivity contribution in [2.75, 3.05) is 0 Å². The maximum Gasteiger partial charge on any atom is 0.0634 e. The van der Waals surface area contributed by atoms with Crippen LogP contribution in [-0.2, 0) is 0 Å². The highest BCUT2D eigenvalue weighted by molar-refractivity contribution is 6.43. The molecule has 0 radical (unpaired) electrons. The fraction of sp³-hybridized carbons (Fsp3) is 0.786. The van der Waals surface area contributed by atoms with E-state index in [1.807, 2.05) is 0 Å². The molecule has 0 bridgehead atoms. The Kier molecular flexibility index (Phi) is 60.2. The van der Waals surface area contributed by atoms with Gasteiger partial charge < -0.3 is 0 Å². The zero-order valence-corrected chi connectivity index (χ0v) is 58.7. The number of aliphatic imine (C=N–C) groups is 2. The first-order chi connectivity index (χ1) is 42.7. The van der Waals surface area contributed by atoms with Crippen LogP contribution in [-0.4, -0.2) is 11.4 Å². The molecule has 2 heteroatoms. The zero-order chi connectivity index (χ0) is 61.2. The molecule has 0 saturated carbocycles. The molecule has 0 unspecified atom stereocenters. The molecular weight excluding hydrogens is 1040 g/mol. The molecule has 0 saturated heterocycles. The number of nitrogens with zero attached hydrogens (tertiary/aromatic N) is 2. The Morgan fingerprint density at radius 1 is 0.221 bits per heavy atom. The Labute approximate surface area is 539 Å². The van der Waals surface area contributed by atoms with Crippen LogP contribution in [0.5, 0.6) is 0 Å². The largest absolute Gasteiger partial charge is 0.252 e. The van der Waals surface area contributed by atoms with Gasteiger partial charge in [0.1, 0.15) is 0 Å². The van der Waals surface area contributed by atoms with Crippen LogP contribution in [0.25, 0.3) is 12.2 Å². The average Bonchev–Trinajstić information content (AvgIpc) is 3.71. The first-order valence-electron chi connectivity index (χ1n) is 39.4. The Bertz CT molecular complexity index is 1780. The van der Waals surface area contributed by atoms with Crippen LogP contribution in [0.4, 0.5) is 11.4 Å². The van der Waals surface area contributed by atoms with E-state index in [2.05, 4.69) is 101 Å². The standard InChI is InChI=1S/C84H148N2/c1-5-9-13-16-19-21-23-25-27-29-31-33-35-37-39-41-43-45-47-49-51-53-55-57-59-61-64-67-79-71-75-81(76-72-79)85-83(69-12-8-4)84(70-66-63-18-15-11-7-3)86-82-77-73-80(74-78-82)68-65-62-60-58-56-54-52-50-48-46-44-42-40-38-36-34-32-30-28-26-24-22-20-17-14-10-6-2/h64-65,67-68,71-78H,5-63,66,69-70H2,1-4H3. The fourth-order valence-corrected chi connectivity index (χ4v) is 12.8. The third kappa shape index (κ3) is 53.1. The van der Waals surface area contributed by atoms with Gasteiger partial charge in [0.15, 0.2) is 0 Å². The molecule has 2 aromatic carbocycles. The van der Waals surface area contributed by atoms with E-state index < -0.39 is 0 Å². The van der Waals surface area contributed by atoms with E-state index in [4.69, 9.17) is 9.98 Å². The van der Waals surface area contributed by atoms with Gasteiger partial charge in [-0.2, -0.15) is 0 Å². The van der Waals surface area contributed by atoms with Crippen molar-refractivity contribution >= 4 is 35.0 Å². The van der Waals surface area contributed by atoms with Gasteiger partial charge in [-0.3, -0.25) is 9.98 Å². The Balaban J connectivity index is 1.61. The second kappa shape index (κ2) is 65.2. The van der Waals surface area contributed by atoms with Crippen LogP contribution in [0.2, 0.25) is 0 Å². The second-order valence-electron chi connectivity index (χ2n) is 27.3. The molecule has 0 amide bonds. The number of hydrogen-bond acceptors (Lipinski definition) is 2. The second-order valence-corrected chi connectivity index (χ2v) is 27.3. The van der Waals surface area contributed by atoms with Gasteiger partial charge in [-0.05, 0) is 86.8 Å². The van der Waals surface area contributed by atoms with Crippen molar-refractivity contribution in [2.24, 2.45) is 9.98 Å². The van der Waals surface area contributed by atoms with Crippen LogP contribution in [0, 0.1) is 0 Å². The highest BCUT2D eigenvalue weighted by atomic mass is 14.8. The summed E-state index contributed by atoms with van der Waals surface area (Å²) >= 11 is 0. The molecule has 86 heavy (non-hydrogen) atoms. The number of benzene rings is 2. The van der Waals surface area contributed by atoms with E-state index in [1.165, 1.54) is 395 Å². The van der Waals surface area contributed by atoms with Crippen molar-refractivity contribution in [2.45, 2.75) is 426 Å². The van der Waals surface area contributed by atoms with Gasteiger partial charge in [0.25, 0.3) is 0 Å². The van der Waals surface area contributed by atoms with Gasteiger partial charge in [-0.25, -0.2) is 0 Å². The van der Waals surface area contributed by atoms with Crippen LogP contribution >= 0.6 is 0 Å². The van der Waals surface area contributed by atoms with Gasteiger partial charge in [0.05, 0.1) is 22.8 Å². The van der Waals surface area contributed by atoms with Gasteiger partial charge in [-0.1, -0.05) is 423 Å². The van der Waals surface area contributed by atoms with Gasteiger partial charge >= 0.3 is 0 Å². The van der Waals surface area contributed by atoms with Gasteiger partial charge in [0, 0.05) is 0 Å². The lowest BCUT2D eigenvalue weighted by Gasteiger charge is -2.12. The summed E-state index contributed by atoms with van der Waals surface area (Å²) in [5.41, 5.74) is 7.03. The first-order valence-corrected chi connectivity index (χ1v) is 39.4. The van der Waals surface area contributed by atoms with Crippen molar-refractivity contribution in [3.05, 3.63) is 71.8 Å². The molecule has 494 valence electrons. The SMILES string of the molecule is CCCCCCCCCCCCCCCCCCCCCCCCCCCC=Cc1ccc(N=C(CCCC)C(CCCCCCCC)=Nc2ccc(C=CCCCCCCCCCCCCCCCCCCCCCCCCCCC)cc2)cc1. The van der Waals surface area contributed by atoms with Gasteiger partial charge in [0.2, 0.25) is 0 Å². The molecule has 2 aromatic rings. The molecule has 0 aromatic heterocycles. The minimum atomic E-state index is 0.979. The Hall–Kier alpha value is -2.74. The molecule has 0 heterocycles. The van der Waals surface area contributed by atoms with Crippen molar-refractivity contribution in [3.8, 4) is 0 Å². The van der Waals surface area contributed by atoms with E-state index in [0.29, 0.717) is 0 Å². The van der Waals surface area contributed by atoms with Crippen molar-refractivity contribution in [3.63, 3.8) is 0 Å². The van der Waals surface area contributed by atoms with Crippen molar-refractivity contribution in [1.82, 2.24) is 0 Å². The predicted molar refractivity (Wildman–Crippen MR) is 394 cm³/mol.